The number of amides is 1. The lowest BCUT2D eigenvalue weighted by Crippen LogP contribution is -2.47. The van der Waals surface area contributed by atoms with E-state index in [1.165, 1.54) is 4.90 Å². The number of carbonyl (C=O) groups is 2. The van der Waals surface area contributed by atoms with Crippen LogP contribution >= 0.6 is 0 Å². The van der Waals surface area contributed by atoms with E-state index in [0.29, 0.717) is 31.8 Å². The zero-order chi connectivity index (χ0) is 16.8. The molecule has 1 aromatic rings. The number of carboxylic acid groups (broad SMARTS) is 1. The molecule has 0 atom stereocenters. The molecule has 0 bridgehead atoms. The molecule has 1 heterocycles. The molecule has 2 rings (SSSR count). The van der Waals surface area contributed by atoms with Gasteiger partial charge in [-0.3, -0.25) is 9.59 Å². The minimum absolute atomic E-state index is 0.102. The van der Waals surface area contributed by atoms with Gasteiger partial charge in [0.2, 0.25) is 0 Å². The first kappa shape index (κ1) is 17.3. The molecular weight excluding hydrogens is 298 g/mol. The van der Waals surface area contributed by atoms with Crippen molar-refractivity contribution in [2.45, 2.75) is 32.7 Å². The summed E-state index contributed by atoms with van der Waals surface area (Å²) in [6.45, 7) is 4.54. The predicted molar refractivity (Wildman–Crippen MR) is 84.6 cm³/mol. The Morgan fingerprint density at radius 2 is 2.00 bits per heavy atom. The summed E-state index contributed by atoms with van der Waals surface area (Å²) in [7, 11) is 0. The number of carboxylic acids is 1. The summed E-state index contributed by atoms with van der Waals surface area (Å²) in [6.07, 6.45) is 1.31. The molecule has 1 aliphatic rings. The molecule has 1 fully saturated rings. The van der Waals surface area contributed by atoms with Crippen LogP contribution in [0.1, 0.15) is 24.0 Å². The number of hydrogen-bond acceptors (Lipinski definition) is 4. The Hall–Kier alpha value is -2.08. The Bertz CT molecular complexity index is 566. The largest absolute Gasteiger partial charge is 0.483 e. The van der Waals surface area contributed by atoms with Crippen LogP contribution in [0.25, 0.3) is 0 Å². The van der Waals surface area contributed by atoms with Crippen molar-refractivity contribution in [2.24, 2.45) is 0 Å². The van der Waals surface area contributed by atoms with Crippen molar-refractivity contribution in [1.29, 1.82) is 0 Å². The number of aliphatic carboxylic acids is 1. The first-order valence-electron chi connectivity index (χ1n) is 7.76. The van der Waals surface area contributed by atoms with Crippen LogP contribution in [0.4, 0.5) is 0 Å². The van der Waals surface area contributed by atoms with Crippen molar-refractivity contribution >= 4 is 11.9 Å². The molecule has 23 heavy (non-hydrogen) atoms. The van der Waals surface area contributed by atoms with Gasteiger partial charge in [-0.15, -0.1) is 0 Å². The monoisotopic (exact) mass is 321 g/mol. The number of aryl methyl sites for hydroxylation is 2. The van der Waals surface area contributed by atoms with Gasteiger partial charge in [-0.25, -0.2) is 0 Å². The van der Waals surface area contributed by atoms with Gasteiger partial charge in [-0.1, -0.05) is 17.7 Å². The lowest BCUT2D eigenvalue weighted by Gasteiger charge is -2.33. The van der Waals surface area contributed by atoms with Crippen LogP contribution in [-0.4, -0.2) is 54.3 Å². The molecule has 1 aromatic carbocycles. The second-order valence-electron chi connectivity index (χ2n) is 5.82. The molecule has 1 N–H and O–H groups in total. The standard InChI is InChI=1S/C17H23NO5/c1-12-3-4-15(13(2)9-12)23-11-16(19)18(10-17(20)21)14-5-7-22-8-6-14/h3-4,9,14H,5-8,10-11H2,1-2H3,(H,20,21). The quantitative estimate of drug-likeness (QED) is 0.864. The first-order chi connectivity index (χ1) is 11.0. The van der Waals surface area contributed by atoms with Gasteiger partial charge in [0.1, 0.15) is 12.3 Å². The molecule has 0 unspecified atom stereocenters. The Labute approximate surface area is 136 Å². The molecule has 6 nitrogen and oxygen atoms in total. The molecular formula is C17H23NO5. The summed E-state index contributed by atoms with van der Waals surface area (Å²) < 4.78 is 10.9. The third-order valence-electron chi connectivity index (χ3n) is 3.94. The van der Waals surface area contributed by atoms with Gasteiger partial charge in [0.05, 0.1) is 0 Å². The Morgan fingerprint density at radius 3 is 2.61 bits per heavy atom. The number of rotatable bonds is 6. The molecule has 0 radical (unpaired) electrons. The van der Waals surface area contributed by atoms with E-state index in [9.17, 15) is 9.59 Å². The van der Waals surface area contributed by atoms with Crippen molar-refractivity contribution in [3.05, 3.63) is 29.3 Å². The van der Waals surface area contributed by atoms with Crippen LogP contribution in [0.15, 0.2) is 18.2 Å². The van der Waals surface area contributed by atoms with Crippen molar-refractivity contribution in [2.75, 3.05) is 26.4 Å². The topological polar surface area (TPSA) is 76.1 Å². The fourth-order valence-corrected chi connectivity index (χ4v) is 2.75. The molecule has 0 saturated carbocycles. The first-order valence-corrected chi connectivity index (χ1v) is 7.76. The van der Waals surface area contributed by atoms with Gasteiger partial charge in [-0.05, 0) is 38.3 Å². The average molecular weight is 321 g/mol. The van der Waals surface area contributed by atoms with Crippen LogP contribution in [0, 0.1) is 13.8 Å². The highest BCUT2D eigenvalue weighted by atomic mass is 16.5. The summed E-state index contributed by atoms with van der Waals surface area (Å²) in [6, 6.07) is 5.62. The number of ether oxygens (including phenoxy) is 2. The van der Waals surface area contributed by atoms with Crippen molar-refractivity contribution in [1.82, 2.24) is 4.90 Å². The molecule has 1 amide bonds. The maximum absolute atomic E-state index is 12.4. The molecule has 6 heteroatoms. The molecule has 0 aromatic heterocycles. The van der Waals surface area contributed by atoms with E-state index in [2.05, 4.69) is 0 Å². The highest BCUT2D eigenvalue weighted by Gasteiger charge is 2.27. The Morgan fingerprint density at radius 1 is 1.30 bits per heavy atom. The van der Waals surface area contributed by atoms with E-state index in [1.54, 1.807) is 0 Å². The SMILES string of the molecule is Cc1ccc(OCC(=O)N(CC(=O)O)C2CCOCC2)c(C)c1. The molecule has 0 aliphatic carbocycles. The third kappa shape index (κ3) is 4.96. The number of benzene rings is 1. The summed E-state index contributed by atoms with van der Waals surface area (Å²) in [5, 5.41) is 9.06. The van der Waals surface area contributed by atoms with Crippen LogP contribution in [0.2, 0.25) is 0 Å². The molecule has 1 saturated heterocycles. The smallest absolute Gasteiger partial charge is 0.323 e. The predicted octanol–water partition coefficient (Wildman–Crippen LogP) is 1.77. The fraction of sp³-hybridized carbons (Fsp3) is 0.529. The third-order valence-corrected chi connectivity index (χ3v) is 3.94. The van der Waals surface area contributed by atoms with E-state index in [-0.39, 0.29) is 25.1 Å². The van der Waals surface area contributed by atoms with Crippen LogP contribution in [0.3, 0.4) is 0 Å². The fourth-order valence-electron chi connectivity index (χ4n) is 2.75. The van der Waals surface area contributed by atoms with Gasteiger partial charge < -0.3 is 19.5 Å². The van der Waals surface area contributed by atoms with E-state index in [0.717, 1.165) is 11.1 Å². The number of nitrogens with zero attached hydrogens (tertiary/aromatic N) is 1. The zero-order valence-electron chi connectivity index (χ0n) is 13.6. The number of carbonyl (C=O) groups excluding carboxylic acids is 1. The van der Waals surface area contributed by atoms with Crippen molar-refractivity contribution in [3.63, 3.8) is 0 Å². The Kier molecular flexibility index (Phi) is 5.98. The lowest BCUT2D eigenvalue weighted by molar-refractivity contribution is -0.148. The zero-order valence-corrected chi connectivity index (χ0v) is 13.6. The van der Waals surface area contributed by atoms with E-state index < -0.39 is 5.97 Å². The highest BCUT2D eigenvalue weighted by Crippen LogP contribution is 2.19. The minimum Gasteiger partial charge on any atom is -0.483 e. The van der Waals surface area contributed by atoms with Crippen molar-refractivity contribution < 1.29 is 24.2 Å². The summed E-state index contributed by atoms with van der Waals surface area (Å²) in [4.78, 5) is 24.9. The lowest BCUT2D eigenvalue weighted by atomic mass is 10.1. The van der Waals surface area contributed by atoms with Crippen LogP contribution < -0.4 is 4.74 Å². The molecule has 0 spiro atoms. The Balaban J connectivity index is 2.00. The van der Waals surface area contributed by atoms with Gasteiger partial charge >= 0.3 is 5.97 Å². The van der Waals surface area contributed by atoms with Gasteiger partial charge in [0.25, 0.3) is 5.91 Å². The highest BCUT2D eigenvalue weighted by molar-refractivity contribution is 5.82. The maximum Gasteiger partial charge on any atom is 0.323 e. The normalized spacial score (nSPS) is 15.2. The summed E-state index contributed by atoms with van der Waals surface area (Å²) in [5.74, 6) is -0.679. The maximum atomic E-state index is 12.4. The summed E-state index contributed by atoms with van der Waals surface area (Å²) >= 11 is 0. The minimum atomic E-state index is -1.02. The van der Waals surface area contributed by atoms with Gasteiger partial charge in [-0.2, -0.15) is 0 Å². The van der Waals surface area contributed by atoms with Crippen LogP contribution in [-0.2, 0) is 14.3 Å². The van der Waals surface area contributed by atoms with Crippen molar-refractivity contribution in [3.8, 4) is 5.75 Å². The molecule has 1 aliphatic heterocycles. The second kappa shape index (κ2) is 7.97. The van der Waals surface area contributed by atoms with E-state index in [4.69, 9.17) is 14.6 Å². The number of hydrogen-bond donors (Lipinski definition) is 1. The van der Waals surface area contributed by atoms with E-state index in [1.807, 2.05) is 32.0 Å². The average Bonchev–Trinajstić information content (AvgIpc) is 2.52. The molecule has 126 valence electrons. The summed E-state index contributed by atoms with van der Waals surface area (Å²) in [5.41, 5.74) is 2.07. The van der Waals surface area contributed by atoms with Gasteiger partial charge in [0.15, 0.2) is 6.61 Å². The van der Waals surface area contributed by atoms with Gasteiger partial charge in [0, 0.05) is 19.3 Å². The second-order valence-corrected chi connectivity index (χ2v) is 5.82. The van der Waals surface area contributed by atoms with E-state index >= 15 is 0 Å². The van der Waals surface area contributed by atoms with Crippen LogP contribution in [0.5, 0.6) is 5.75 Å².